The van der Waals surface area contributed by atoms with Crippen molar-refractivity contribution < 1.29 is 0 Å². The van der Waals surface area contributed by atoms with Gasteiger partial charge in [-0.15, -0.1) is 0 Å². The van der Waals surface area contributed by atoms with Gasteiger partial charge in [0.2, 0.25) is 0 Å². The molecule has 5 heterocycles. The van der Waals surface area contributed by atoms with Crippen LogP contribution in [0.3, 0.4) is 0 Å². The monoisotopic (exact) mass is 516 g/mol. The first-order chi connectivity index (χ1) is 17.9. The number of H-pyrrole nitrogens is 1. The molecule has 2 aliphatic heterocycles. The van der Waals surface area contributed by atoms with Crippen LogP contribution in [0.2, 0.25) is 5.02 Å². The topological polar surface area (TPSA) is 78.8 Å². The number of halogens is 1. The molecule has 4 aromatic rings. The van der Waals surface area contributed by atoms with Crippen LogP contribution >= 0.6 is 11.6 Å². The van der Waals surface area contributed by atoms with Crippen LogP contribution in [0.5, 0.6) is 0 Å². The quantitative estimate of drug-likeness (QED) is 0.375. The number of aromatic nitrogens is 6. The van der Waals surface area contributed by atoms with E-state index in [0.717, 1.165) is 88.6 Å². The van der Waals surface area contributed by atoms with Crippen molar-refractivity contribution in [2.45, 2.75) is 78.4 Å². The standard InChI is InChI=1S/C28H33ClN8/c1-5-37-28(24(29)25(34-37)18-7-8-18)35-12-11-20-19(14-35)27(36-13-10-16(36)3)31-26(30-20)22-15(2)6-9-21-23(22)17(4)32-33-21/h6,9,16,18H,5,7-8,10-14H2,1-4H3,(H,32,33)/t16-/m1/s1. The number of aryl methyl sites for hydroxylation is 3. The third-order valence-electron chi connectivity index (χ3n) is 8.42. The maximum absolute atomic E-state index is 6.97. The second-order valence-electron chi connectivity index (χ2n) is 10.9. The van der Waals surface area contributed by atoms with Crippen LogP contribution in [-0.2, 0) is 19.5 Å². The van der Waals surface area contributed by atoms with E-state index < -0.39 is 0 Å². The first-order valence-corrected chi connectivity index (χ1v) is 13.9. The SMILES string of the molecule is CCn1nc(C2CC2)c(Cl)c1N1CCc2nc(-c3c(C)ccc4n[nH]c(C)c34)nc(N3CC[C@H]3C)c2C1. The predicted octanol–water partition coefficient (Wildman–Crippen LogP) is 5.55. The Kier molecular flexibility index (Phi) is 5.26. The lowest BCUT2D eigenvalue weighted by Gasteiger charge is -2.42. The second kappa shape index (κ2) is 8.45. The van der Waals surface area contributed by atoms with E-state index in [9.17, 15) is 0 Å². The van der Waals surface area contributed by atoms with Crippen LogP contribution in [-0.4, -0.2) is 49.1 Å². The van der Waals surface area contributed by atoms with Crippen molar-refractivity contribution in [3.05, 3.63) is 45.4 Å². The molecule has 1 saturated carbocycles. The molecule has 192 valence electrons. The lowest BCUT2D eigenvalue weighted by Crippen LogP contribution is -2.47. The van der Waals surface area contributed by atoms with Crippen molar-refractivity contribution in [2.24, 2.45) is 0 Å². The highest BCUT2D eigenvalue weighted by Gasteiger charge is 2.36. The summed E-state index contributed by atoms with van der Waals surface area (Å²) in [7, 11) is 0. The largest absolute Gasteiger partial charge is 0.353 e. The normalized spacial score (nSPS) is 19.4. The van der Waals surface area contributed by atoms with E-state index >= 15 is 0 Å². The van der Waals surface area contributed by atoms with E-state index in [-0.39, 0.29) is 0 Å². The second-order valence-corrected chi connectivity index (χ2v) is 11.3. The molecule has 0 radical (unpaired) electrons. The Morgan fingerprint density at radius 1 is 1.11 bits per heavy atom. The van der Waals surface area contributed by atoms with Gasteiger partial charge >= 0.3 is 0 Å². The summed E-state index contributed by atoms with van der Waals surface area (Å²) < 4.78 is 2.09. The van der Waals surface area contributed by atoms with Gasteiger partial charge < -0.3 is 9.80 Å². The highest BCUT2D eigenvalue weighted by molar-refractivity contribution is 6.33. The Hall–Kier alpha value is -3.13. The van der Waals surface area contributed by atoms with Gasteiger partial charge in [0.05, 0.1) is 16.9 Å². The number of hydrogen-bond acceptors (Lipinski definition) is 6. The van der Waals surface area contributed by atoms with Crippen molar-refractivity contribution >= 4 is 34.1 Å². The molecule has 1 atom stereocenters. The van der Waals surface area contributed by atoms with E-state index in [0.29, 0.717) is 12.0 Å². The van der Waals surface area contributed by atoms with E-state index in [1.165, 1.54) is 30.4 Å². The molecule has 0 bridgehead atoms. The summed E-state index contributed by atoms with van der Waals surface area (Å²) >= 11 is 6.97. The number of benzene rings is 1. The van der Waals surface area contributed by atoms with Crippen LogP contribution < -0.4 is 9.80 Å². The Balaban J connectivity index is 1.35. The van der Waals surface area contributed by atoms with E-state index in [2.05, 4.69) is 64.5 Å². The zero-order valence-corrected chi connectivity index (χ0v) is 22.7. The molecule has 0 amide bonds. The zero-order valence-electron chi connectivity index (χ0n) is 22.0. The summed E-state index contributed by atoms with van der Waals surface area (Å²) in [5.41, 5.74) is 7.71. The molecule has 8 nitrogen and oxygen atoms in total. The lowest BCUT2D eigenvalue weighted by molar-refractivity contribution is 0.472. The number of nitrogens with one attached hydrogen (secondary N) is 1. The first kappa shape index (κ1) is 23.0. The molecule has 1 aromatic carbocycles. The Morgan fingerprint density at radius 2 is 1.95 bits per heavy atom. The van der Waals surface area contributed by atoms with Gasteiger partial charge in [-0.2, -0.15) is 10.2 Å². The van der Waals surface area contributed by atoms with E-state index in [4.69, 9.17) is 26.7 Å². The molecule has 37 heavy (non-hydrogen) atoms. The summed E-state index contributed by atoms with van der Waals surface area (Å²) in [4.78, 5) is 15.3. The molecular formula is C28H33ClN8. The van der Waals surface area contributed by atoms with Crippen molar-refractivity contribution in [3.8, 4) is 11.4 Å². The molecule has 1 N–H and O–H groups in total. The van der Waals surface area contributed by atoms with Gasteiger partial charge in [0.15, 0.2) is 5.82 Å². The van der Waals surface area contributed by atoms with Crippen LogP contribution in [0.25, 0.3) is 22.3 Å². The van der Waals surface area contributed by atoms with Crippen molar-refractivity contribution in [3.63, 3.8) is 0 Å². The van der Waals surface area contributed by atoms with Crippen molar-refractivity contribution in [2.75, 3.05) is 22.9 Å². The minimum absolute atomic E-state index is 0.473. The summed E-state index contributed by atoms with van der Waals surface area (Å²) in [5, 5.41) is 14.5. The minimum Gasteiger partial charge on any atom is -0.353 e. The third kappa shape index (κ3) is 3.55. The molecule has 7 rings (SSSR count). The van der Waals surface area contributed by atoms with Crippen LogP contribution in [0.15, 0.2) is 12.1 Å². The van der Waals surface area contributed by atoms with Crippen LogP contribution in [0.1, 0.15) is 67.2 Å². The summed E-state index contributed by atoms with van der Waals surface area (Å²) in [6.45, 7) is 12.1. The van der Waals surface area contributed by atoms with E-state index in [1.54, 1.807) is 0 Å². The fraction of sp³-hybridized carbons (Fsp3) is 0.500. The maximum Gasteiger partial charge on any atom is 0.162 e. The highest BCUT2D eigenvalue weighted by Crippen LogP contribution is 2.46. The fourth-order valence-corrected chi connectivity index (χ4v) is 6.41. The molecule has 1 saturated heterocycles. The molecule has 9 heteroatoms. The van der Waals surface area contributed by atoms with Gasteiger partial charge in [-0.3, -0.25) is 5.10 Å². The molecule has 3 aliphatic rings. The van der Waals surface area contributed by atoms with Crippen LogP contribution in [0, 0.1) is 13.8 Å². The number of rotatable bonds is 5. The van der Waals surface area contributed by atoms with Gasteiger partial charge in [-0.05, 0) is 58.6 Å². The smallest absolute Gasteiger partial charge is 0.162 e. The van der Waals surface area contributed by atoms with E-state index in [1.807, 2.05) is 0 Å². The minimum atomic E-state index is 0.473. The summed E-state index contributed by atoms with van der Waals surface area (Å²) in [6.07, 6.45) is 4.42. The number of aromatic amines is 1. The Bertz CT molecular complexity index is 1530. The van der Waals surface area contributed by atoms with Gasteiger partial charge in [-0.1, -0.05) is 17.7 Å². The van der Waals surface area contributed by atoms with Gasteiger partial charge in [0.1, 0.15) is 16.7 Å². The molecule has 0 spiro atoms. The first-order valence-electron chi connectivity index (χ1n) is 13.6. The zero-order chi connectivity index (χ0) is 25.4. The lowest BCUT2D eigenvalue weighted by atomic mass is 9.98. The van der Waals surface area contributed by atoms with Gasteiger partial charge in [0.25, 0.3) is 0 Å². The number of fused-ring (bicyclic) bond motifs is 2. The van der Waals surface area contributed by atoms with Crippen molar-refractivity contribution in [1.29, 1.82) is 0 Å². The van der Waals surface area contributed by atoms with Gasteiger partial charge in [-0.25, -0.2) is 14.6 Å². The van der Waals surface area contributed by atoms with Gasteiger partial charge in [0, 0.05) is 66.8 Å². The maximum atomic E-state index is 6.97. The van der Waals surface area contributed by atoms with Crippen LogP contribution in [0.4, 0.5) is 11.6 Å². The summed E-state index contributed by atoms with van der Waals surface area (Å²) in [6, 6.07) is 4.67. The average molecular weight is 517 g/mol. The molecular weight excluding hydrogens is 484 g/mol. The number of anilines is 2. The highest BCUT2D eigenvalue weighted by atomic mass is 35.5. The average Bonchev–Trinajstić information content (AvgIpc) is 3.59. The van der Waals surface area contributed by atoms with Crippen molar-refractivity contribution in [1.82, 2.24) is 29.9 Å². The Labute approximate surface area is 222 Å². The molecule has 0 unspecified atom stereocenters. The fourth-order valence-electron chi connectivity index (χ4n) is 6.00. The molecule has 2 fully saturated rings. The summed E-state index contributed by atoms with van der Waals surface area (Å²) in [5.74, 6) is 3.46. The molecule has 3 aromatic heterocycles. The molecule has 1 aliphatic carbocycles. The third-order valence-corrected chi connectivity index (χ3v) is 8.78. The predicted molar refractivity (Wildman–Crippen MR) is 148 cm³/mol. The Morgan fingerprint density at radius 3 is 2.65 bits per heavy atom. The number of hydrogen-bond donors (Lipinski definition) is 1. The number of nitrogens with zero attached hydrogens (tertiary/aromatic N) is 7.